The first kappa shape index (κ1) is 29.1. The van der Waals surface area contributed by atoms with Gasteiger partial charge in [-0.1, -0.05) is 44.6 Å². The largest absolute Gasteiger partial charge is 0.358 e. The predicted molar refractivity (Wildman–Crippen MR) is 175 cm³/mol. The molecule has 2 aliphatic heterocycles. The highest BCUT2D eigenvalue weighted by atomic mass is 16.6. The van der Waals surface area contributed by atoms with E-state index in [1.807, 2.05) is 18.2 Å². The lowest BCUT2D eigenvalue weighted by molar-refractivity contribution is -0.391. The first-order valence-corrected chi connectivity index (χ1v) is 16.1. The molecular weight excluding hydrogens is 566 g/mol. The number of carbonyl (C=O) groups is 2. The summed E-state index contributed by atoms with van der Waals surface area (Å²) in [5.74, 6) is 0.375. The molecule has 0 radical (unpaired) electrons. The van der Waals surface area contributed by atoms with E-state index in [4.69, 9.17) is 0 Å². The summed E-state index contributed by atoms with van der Waals surface area (Å²) in [5.41, 5.74) is 7.57. The summed E-state index contributed by atoms with van der Waals surface area (Å²) in [4.78, 5) is 35.9. The number of rotatable bonds is 3. The Morgan fingerprint density at radius 1 is 0.689 bits per heavy atom. The van der Waals surface area contributed by atoms with Crippen molar-refractivity contribution in [3.05, 3.63) is 88.1 Å². The number of anilines is 2. The topological polar surface area (TPSA) is 111 Å². The van der Waals surface area contributed by atoms with Gasteiger partial charge in [0.2, 0.25) is 11.8 Å². The summed E-state index contributed by atoms with van der Waals surface area (Å²) >= 11 is 0. The van der Waals surface area contributed by atoms with Crippen LogP contribution in [0.3, 0.4) is 0 Å². The van der Waals surface area contributed by atoms with Crippen LogP contribution in [0, 0.1) is 10.1 Å². The Hall–Kier alpha value is -4.66. The Morgan fingerprint density at radius 3 is 1.64 bits per heavy atom. The number of nitrogens with zero attached hydrogens (tertiary/aromatic N) is 3. The van der Waals surface area contributed by atoms with Crippen LogP contribution in [0.4, 0.5) is 17.2 Å². The number of aromatic nitrogens is 2. The molecule has 2 fully saturated rings. The third kappa shape index (κ3) is 4.67. The molecule has 2 amide bonds. The lowest BCUT2D eigenvalue weighted by atomic mass is 9.70. The molecule has 45 heavy (non-hydrogen) atoms. The number of carbonyl (C=O) groups excluding carboxylic acids is 2. The fourth-order valence-corrected chi connectivity index (χ4v) is 8.18. The monoisotopic (exact) mass is 605 g/mol. The van der Waals surface area contributed by atoms with Crippen LogP contribution in [0.15, 0.2) is 66.9 Å². The van der Waals surface area contributed by atoms with Gasteiger partial charge in [-0.05, 0) is 95.8 Å². The second-order valence-electron chi connectivity index (χ2n) is 13.1. The average molecular weight is 606 g/mol. The third-order valence-electron chi connectivity index (χ3n) is 10.7. The van der Waals surface area contributed by atoms with Gasteiger partial charge >= 0.3 is 5.82 Å². The first-order chi connectivity index (χ1) is 21.7. The van der Waals surface area contributed by atoms with Crippen LogP contribution in [0.25, 0.3) is 22.5 Å². The van der Waals surface area contributed by atoms with Gasteiger partial charge < -0.3 is 25.3 Å². The Morgan fingerprint density at radius 2 is 1.20 bits per heavy atom. The lowest BCUT2D eigenvalue weighted by Crippen LogP contribution is -2.36. The Labute approximate surface area is 262 Å². The zero-order chi connectivity index (χ0) is 31.3. The van der Waals surface area contributed by atoms with Crippen LogP contribution in [-0.2, 0) is 34.5 Å². The van der Waals surface area contributed by atoms with Crippen molar-refractivity contribution in [1.29, 1.82) is 0 Å². The molecule has 0 bridgehead atoms. The molecule has 232 valence electrons. The maximum absolute atomic E-state index is 12.6. The molecule has 4 heterocycles. The molecule has 2 aromatic carbocycles. The molecule has 2 aliphatic carbocycles. The van der Waals surface area contributed by atoms with Crippen molar-refractivity contribution in [2.24, 2.45) is 14.1 Å². The van der Waals surface area contributed by atoms with Gasteiger partial charge in [0.1, 0.15) is 5.69 Å². The molecule has 0 atom stereocenters. The van der Waals surface area contributed by atoms with E-state index >= 15 is 0 Å². The van der Waals surface area contributed by atoms with E-state index in [-0.39, 0.29) is 28.0 Å². The SMILES string of the molecule is Cn1c(-c2ccc3c(c2)C2(CCCCC2)C(=O)N3)ccc1[N+](=O)[O-].Cn1cccc1-c1ccc2c(c1)C1(CCCCC1)C(=O)N2. The second kappa shape index (κ2) is 11.1. The summed E-state index contributed by atoms with van der Waals surface area (Å²) in [5, 5.41) is 17.2. The van der Waals surface area contributed by atoms with Gasteiger partial charge in [0.05, 0.1) is 17.9 Å². The van der Waals surface area contributed by atoms with Gasteiger partial charge in [-0.3, -0.25) is 9.59 Å². The summed E-state index contributed by atoms with van der Waals surface area (Å²) in [7, 11) is 3.75. The number of hydrogen-bond acceptors (Lipinski definition) is 4. The number of nitrogens with one attached hydrogen (secondary N) is 2. The molecule has 2 N–H and O–H groups in total. The highest BCUT2D eigenvalue weighted by Crippen LogP contribution is 2.50. The van der Waals surface area contributed by atoms with Gasteiger partial charge in [0.15, 0.2) is 0 Å². The van der Waals surface area contributed by atoms with E-state index in [0.717, 1.165) is 79.6 Å². The van der Waals surface area contributed by atoms with Crippen molar-refractivity contribution in [3.8, 4) is 22.5 Å². The number of hydrogen-bond donors (Lipinski definition) is 2. The van der Waals surface area contributed by atoms with E-state index in [9.17, 15) is 19.7 Å². The zero-order valence-corrected chi connectivity index (χ0v) is 25.9. The minimum absolute atomic E-state index is 0.0621. The fourth-order valence-electron chi connectivity index (χ4n) is 8.18. The van der Waals surface area contributed by atoms with Crippen molar-refractivity contribution in [1.82, 2.24) is 9.13 Å². The molecule has 8 rings (SSSR count). The number of nitro groups is 1. The predicted octanol–water partition coefficient (Wildman–Crippen LogP) is 7.60. The molecule has 4 aromatic rings. The average Bonchev–Trinajstić information content (AvgIpc) is 3.78. The first-order valence-electron chi connectivity index (χ1n) is 16.1. The van der Waals surface area contributed by atoms with Crippen molar-refractivity contribution in [2.45, 2.75) is 75.0 Å². The highest BCUT2D eigenvalue weighted by molar-refractivity contribution is 6.07. The van der Waals surface area contributed by atoms with E-state index in [2.05, 4.69) is 58.8 Å². The van der Waals surface area contributed by atoms with Crippen molar-refractivity contribution < 1.29 is 14.5 Å². The van der Waals surface area contributed by atoms with Crippen LogP contribution in [-0.4, -0.2) is 25.9 Å². The van der Waals surface area contributed by atoms with Gasteiger partial charge in [0.25, 0.3) is 0 Å². The van der Waals surface area contributed by atoms with Crippen molar-refractivity contribution in [2.75, 3.05) is 10.6 Å². The normalized spacial score (nSPS) is 19.0. The number of aryl methyl sites for hydroxylation is 1. The maximum Gasteiger partial charge on any atom is 0.323 e. The summed E-state index contributed by atoms with van der Waals surface area (Å²) < 4.78 is 3.71. The molecule has 4 aliphatic rings. The standard InChI is InChI=1S/C18H19N3O3.C18H20N2O/c1-20-15(7-8-16(20)21(23)24)12-5-6-14-13(11-12)18(17(22)19-14)9-3-2-4-10-18;1-20-11-5-6-16(20)13-7-8-15-14(12-13)18(17(21)19-15)9-3-2-4-10-18/h5-8,11H,2-4,9-10H2,1H3,(H,19,22);5-8,11-12H,2-4,9-10H2,1H3,(H,19,21). The number of benzene rings is 2. The summed E-state index contributed by atoms with van der Waals surface area (Å²) in [6.07, 6.45) is 12.6. The molecular formula is C36H39N5O4. The van der Waals surface area contributed by atoms with E-state index in [0.29, 0.717) is 0 Å². The quantitative estimate of drug-likeness (QED) is 0.185. The number of amides is 2. The molecule has 0 saturated heterocycles. The van der Waals surface area contributed by atoms with Crippen LogP contribution in [0.2, 0.25) is 0 Å². The second-order valence-corrected chi connectivity index (χ2v) is 13.1. The van der Waals surface area contributed by atoms with Crippen molar-refractivity contribution in [3.63, 3.8) is 0 Å². The highest BCUT2D eigenvalue weighted by Gasteiger charge is 2.48. The minimum Gasteiger partial charge on any atom is -0.358 e. The van der Waals surface area contributed by atoms with Crippen LogP contribution in [0.1, 0.15) is 75.3 Å². The Bertz CT molecular complexity index is 1820. The number of fused-ring (bicyclic) bond motifs is 4. The van der Waals surface area contributed by atoms with Gasteiger partial charge in [-0.25, -0.2) is 4.57 Å². The Balaban J connectivity index is 0.000000146. The summed E-state index contributed by atoms with van der Waals surface area (Å²) in [6, 6.07) is 19.7. The van der Waals surface area contributed by atoms with Gasteiger partial charge in [-0.15, -0.1) is 0 Å². The van der Waals surface area contributed by atoms with Gasteiger partial charge in [0, 0.05) is 41.9 Å². The smallest absolute Gasteiger partial charge is 0.323 e. The molecule has 2 aromatic heterocycles. The summed E-state index contributed by atoms with van der Waals surface area (Å²) in [6.45, 7) is 0. The minimum atomic E-state index is -0.416. The third-order valence-corrected chi connectivity index (χ3v) is 10.7. The fraction of sp³-hybridized carbons (Fsp3) is 0.389. The molecule has 9 heteroatoms. The van der Waals surface area contributed by atoms with E-state index < -0.39 is 5.41 Å². The molecule has 2 saturated carbocycles. The molecule has 2 spiro atoms. The van der Waals surface area contributed by atoms with Crippen LogP contribution < -0.4 is 10.6 Å². The Kier molecular flexibility index (Phi) is 7.14. The zero-order valence-electron chi connectivity index (χ0n) is 25.9. The molecule has 9 nitrogen and oxygen atoms in total. The van der Waals surface area contributed by atoms with E-state index in [1.165, 1.54) is 35.7 Å². The van der Waals surface area contributed by atoms with E-state index in [1.54, 1.807) is 17.7 Å². The molecule has 0 unspecified atom stereocenters. The van der Waals surface area contributed by atoms with Gasteiger partial charge in [-0.2, -0.15) is 0 Å². The van der Waals surface area contributed by atoms with Crippen LogP contribution >= 0.6 is 0 Å². The maximum atomic E-state index is 12.6. The van der Waals surface area contributed by atoms with Crippen LogP contribution in [0.5, 0.6) is 0 Å². The lowest BCUT2D eigenvalue weighted by Gasteiger charge is -2.31. The van der Waals surface area contributed by atoms with Crippen molar-refractivity contribution >= 4 is 29.0 Å².